The van der Waals surface area contributed by atoms with Crippen molar-refractivity contribution < 1.29 is 9.32 Å². The SMILES string of the molecule is CCCCC1CCC(C(=O)Nc2ccc3nc(SCc4cc(=O)n5oc(C)cc5n4)sc3c2)CC1. The van der Waals surface area contributed by atoms with E-state index < -0.39 is 0 Å². The van der Waals surface area contributed by atoms with Gasteiger partial charge in [-0.1, -0.05) is 37.9 Å². The molecule has 0 saturated heterocycles. The summed E-state index contributed by atoms with van der Waals surface area (Å²) >= 11 is 3.13. The third-order valence-corrected chi connectivity index (χ3v) is 8.88. The lowest BCUT2D eigenvalue weighted by Gasteiger charge is -2.27. The van der Waals surface area contributed by atoms with E-state index in [1.807, 2.05) is 18.2 Å². The highest BCUT2D eigenvalue weighted by Crippen LogP contribution is 2.34. The average Bonchev–Trinajstić information content (AvgIpc) is 3.44. The van der Waals surface area contributed by atoms with E-state index in [1.54, 1.807) is 36.1 Å². The van der Waals surface area contributed by atoms with Crippen LogP contribution in [0.3, 0.4) is 0 Å². The molecule has 5 rings (SSSR count). The Hall–Kier alpha value is -2.65. The van der Waals surface area contributed by atoms with E-state index in [-0.39, 0.29) is 17.4 Å². The Morgan fingerprint density at radius 3 is 2.83 bits per heavy atom. The van der Waals surface area contributed by atoms with Crippen LogP contribution < -0.4 is 10.9 Å². The van der Waals surface area contributed by atoms with Crippen LogP contribution in [0.25, 0.3) is 15.9 Å². The molecule has 1 amide bonds. The van der Waals surface area contributed by atoms with E-state index in [2.05, 4.69) is 17.2 Å². The number of nitrogens with one attached hydrogen (secondary N) is 1. The molecule has 4 aromatic rings. The largest absolute Gasteiger partial charge is 0.375 e. The molecule has 0 atom stereocenters. The number of hydrogen-bond donors (Lipinski definition) is 1. The number of aromatic nitrogens is 3. The van der Waals surface area contributed by atoms with Gasteiger partial charge in [0, 0.05) is 29.5 Å². The van der Waals surface area contributed by atoms with Crippen molar-refractivity contribution in [3.05, 3.63) is 52.1 Å². The highest BCUT2D eigenvalue weighted by molar-refractivity contribution is 8.00. The number of nitrogens with zero attached hydrogens (tertiary/aromatic N) is 3. The summed E-state index contributed by atoms with van der Waals surface area (Å²) in [5.41, 5.74) is 2.71. The van der Waals surface area contributed by atoms with Gasteiger partial charge in [-0.15, -0.1) is 15.9 Å². The summed E-state index contributed by atoms with van der Waals surface area (Å²) < 4.78 is 8.48. The van der Waals surface area contributed by atoms with Crippen LogP contribution in [-0.2, 0) is 10.5 Å². The molecule has 3 aromatic heterocycles. The Morgan fingerprint density at radius 1 is 1.20 bits per heavy atom. The Morgan fingerprint density at radius 2 is 2.03 bits per heavy atom. The van der Waals surface area contributed by atoms with E-state index in [4.69, 9.17) is 9.51 Å². The normalized spacial score (nSPS) is 18.3. The highest BCUT2D eigenvalue weighted by atomic mass is 32.2. The fourth-order valence-corrected chi connectivity index (χ4v) is 6.78. The third kappa shape index (κ3) is 5.62. The third-order valence-electron chi connectivity index (χ3n) is 6.69. The monoisotopic (exact) mass is 510 g/mol. The summed E-state index contributed by atoms with van der Waals surface area (Å²) in [6.07, 6.45) is 8.17. The van der Waals surface area contributed by atoms with E-state index >= 15 is 0 Å². The van der Waals surface area contributed by atoms with Gasteiger partial charge < -0.3 is 9.84 Å². The number of hydrogen-bond acceptors (Lipinski definition) is 7. The molecule has 1 N–H and O–H groups in total. The number of fused-ring (bicyclic) bond motifs is 2. The average molecular weight is 511 g/mol. The summed E-state index contributed by atoms with van der Waals surface area (Å²) in [6, 6.07) is 9.15. The summed E-state index contributed by atoms with van der Waals surface area (Å²) in [5.74, 6) is 2.24. The Kier molecular flexibility index (Phi) is 7.24. The van der Waals surface area contributed by atoms with Crippen molar-refractivity contribution in [2.24, 2.45) is 11.8 Å². The molecule has 1 aromatic carbocycles. The van der Waals surface area contributed by atoms with Crippen molar-refractivity contribution >= 4 is 50.6 Å². The van der Waals surface area contributed by atoms with Crippen LogP contribution in [0.2, 0.25) is 0 Å². The Labute approximate surface area is 212 Å². The molecule has 35 heavy (non-hydrogen) atoms. The van der Waals surface area contributed by atoms with Crippen LogP contribution in [-0.4, -0.2) is 20.4 Å². The molecule has 7 nitrogen and oxygen atoms in total. The first-order valence-corrected chi connectivity index (χ1v) is 14.1. The number of thiazole rings is 1. The number of thioether (sulfide) groups is 1. The topological polar surface area (TPSA) is 89.5 Å². The molecule has 3 heterocycles. The first-order chi connectivity index (χ1) is 17.0. The van der Waals surface area contributed by atoms with Crippen molar-refractivity contribution in [1.29, 1.82) is 0 Å². The van der Waals surface area contributed by atoms with Gasteiger partial charge in [-0.2, -0.15) is 0 Å². The highest BCUT2D eigenvalue weighted by Gasteiger charge is 2.26. The quantitative estimate of drug-likeness (QED) is 0.275. The standard InChI is InChI=1S/C26H30N4O3S2/c1-3-4-5-17-6-8-18(9-7-17)25(32)28-19-10-11-21-22(13-19)35-26(29-21)34-15-20-14-24(31)30-23(27-20)12-16(2)33-30/h10-14,17-18H,3-9,15H2,1-2H3,(H,28,32). The number of carbonyl (C=O) groups excluding carboxylic acids is 1. The summed E-state index contributed by atoms with van der Waals surface area (Å²) in [6.45, 7) is 4.03. The van der Waals surface area contributed by atoms with Gasteiger partial charge in [0.25, 0.3) is 5.56 Å². The van der Waals surface area contributed by atoms with Crippen LogP contribution in [0, 0.1) is 18.8 Å². The molecule has 9 heteroatoms. The number of benzene rings is 1. The van der Waals surface area contributed by atoms with Crippen molar-refractivity contribution in [1.82, 2.24) is 14.5 Å². The number of aryl methyl sites for hydroxylation is 1. The number of unbranched alkanes of at least 4 members (excludes halogenated alkanes) is 1. The first kappa shape index (κ1) is 24.1. The zero-order chi connectivity index (χ0) is 24.4. The predicted octanol–water partition coefficient (Wildman–Crippen LogP) is 6.43. The summed E-state index contributed by atoms with van der Waals surface area (Å²) in [7, 11) is 0. The van der Waals surface area contributed by atoms with Crippen LogP contribution in [0.4, 0.5) is 5.69 Å². The molecular formula is C26H30N4O3S2. The molecule has 1 saturated carbocycles. The van der Waals surface area contributed by atoms with Crippen LogP contribution in [0.1, 0.15) is 63.3 Å². The van der Waals surface area contributed by atoms with Gasteiger partial charge in [-0.05, 0) is 56.7 Å². The maximum atomic E-state index is 12.8. The molecule has 0 spiro atoms. The summed E-state index contributed by atoms with van der Waals surface area (Å²) in [5, 5.41) is 3.13. The first-order valence-electron chi connectivity index (χ1n) is 12.3. The number of anilines is 1. The van der Waals surface area contributed by atoms with E-state index in [0.717, 1.165) is 39.0 Å². The zero-order valence-electron chi connectivity index (χ0n) is 20.1. The predicted molar refractivity (Wildman–Crippen MR) is 141 cm³/mol. The molecule has 1 aliphatic carbocycles. The van der Waals surface area contributed by atoms with Gasteiger partial charge in [0.15, 0.2) is 9.99 Å². The molecule has 0 aliphatic heterocycles. The number of rotatable bonds is 8. The van der Waals surface area contributed by atoms with Gasteiger partial charge in [-0.25, -0.2) is 9.97 Å². The maximum absolute atomic E-state index is 12.8. The van der Waals surface area contributed by atoms with E-state index in [9.17, 15) is 9.59 Å². The van der Waals surface area contributed by atoms with Crippen molar-refractivity contribution in [3.63, 3.8) is 0 Å². The van der Waals surface area contributed by atoms with Gasteiger partial charge in [0.05, 0.1) is 15.9 Å². The van der Waals surface area contributed by atoms with E-state index in [1.165, 1.54) is 42.7 Å². The van der Waals surface area contributed by atoms with Gasteiger partial charge in [-0.3, -0.25) is 9.59 Å². The fourth-order valence-electron chi connectivity index (χ4n) is 4.78. The minimum Gasteiger partial charge on any atom is -0.375 e. The maximum Gasteiger partial charge on any atom is 0.287 e. The van der Waals surface area contributed by atoms with E-state index in [0.29, 0.717) is 22.9 Å². The minimum atomic E-state index is -0.224. The second-order valence-corrected chi connectivity index (χ2v) is 11.6. The number of carbonyl (C=O) groups is 1. The molecule has 0 radical (unpaired) electrons. The number of amides is 1. The molecule has 0 bridgehead atoms. The van der Waals surface area contributed by atoms with Gasteiger partial charge >= 0.3 is 0 Å². The van der Waals surface area contributed by atoms with Gasteiger partial charge in [0.1, 0.15) is 5.76 Å². The minimum absolute atomic E-state index is 0.115. The lowest BCUT2D eigenvalue weighted by molar-refractivity contribution is -0.121. The molecule has 1 fully saturated rings. The molecular weight excluding hydrogens is 480 g/mol. The van der Waals surface area contributed by atoms with Crippen LogP contribution in [0.5, 0.6) is 0 Å². The second-order valence-electron chi connectivity index (χ2n) is 9.38. The van der Waals surface area contributed by atoms with Crippen LogP contribution >= 0.6 is 23.1 Å². The second kappa shape index (κ2) is 10.5. The van der Waals surface area contributed by atoms with Crippen molar-refractivity contribution in [2.45, 2.75) is 68.9 Å². The lowest BCUT2D eigenvalue weighted by atomic mass is 9.79. The molecule has 0 unspecified atom stereocenters. The lowest BCUT2D eigenvalue weighted by Crippen LogP contribution is -2.27. The summed E-state index contributed by atoms with van der Waals surface area (Å²) in [4.78, 5) is 34.3. The smallest absolute Gasteiger partial charge is 0.287 e. The van der Waals surface area contributed by atoms with Crippen molar-refractivity contribution in [3.8, 4) is 0 Å². The molecule has 184 valence electrons. The molecule has 1 aliphatic rings. The van der Waals surface area contributed by atoms with Crippen molar-refractivity contribution in [2.75, 3.05) is 5.32 Å². The Bertz CT molecular complexity index is 1400. The van der Waals surface area contributed by atoms with Gasteiger partial charge in [0.2, 0.25) is 5.91 Å². The Balaban J connectivity index is 1.20. The van der Waals surface area contributed by atoms with Crippen LogP contribution in [0.15, 0.2) is 44.0 Å². The fraction of sp³-hybridized carbons (Fsp3) is 0.462. The zero-order valence-corrected chi connectivity index (χ0v) is 21.7.